The third kappa shape index (κ3) is 4.48. The number of fused-ring (bicyclic) bond motifs is 1. The Morgan fingerprint density at radius 2 is 2.12 bits per heavy atom. The molecule has 4 rings (SSSR count). The summed E-state index contributed by atoms with van der Waals surface area (Å²) in [7, 11) is 3.20. The van der Waals surface area contributed by atoms with Gasteiger partial charge in [-0.15, -0.1) is 0 Å². The number of nitrogens with zero attached hydrogens (tertiary/aromatic N) is 3. The number of benzene rings is 1. The lowest BCUT2D eigenvalue weighted by Crippen LogP contribution is -2.44. The first-order valence-corrected chi connectivity index (χ1v) is 10.3. The summed E-state index contributed by atoms with van der Waals surface area (Å²) in [6.45, 7) is 1.98. The van der Waals surface area contributed by atoms with Crippen LogP contribution in [0.15, 0.2) is 48.6 Å². The largest absolute Gasteiger partial charge is 0.379 e. The van der Waals surface area contributed by atoms with Gasteiger partial charge in [-0.05, 0) is 36.8 Å². The predicted molar refractivity (Wildman–Crippen MR) is 121 cm³/mol. The van der Waals surface area contributed by atoms with Gasteiger partial charge in [0.1, 0.15) is 5.83 Å². The van der Waals surface area contributed by atoms with Crippen molar-refractivity contribution in [3.8, 4) is 11.1 Å². The van der Waals surface area contributed by atoms with Gasteiger partial charge in [0.25, 0.3) is 5.91 Å². The van der Waals surface area contributed by atoms with E-state index in [-0.39, 0.29) is 23.6 Å². The van der Waals surface area contributed by atoms with Crippen LogP contribution in [0.3, 0.4) is 0 Å². The highest BCUT2D eigenvalue weighted by molar-refractivity contribution is 6.07. The molecule has 1 aliphatic heterocycles. The van der Waals surface area contributed by atoms with Crippen molar-refractivity contribution < 1.29 is 18.3 Å². The van der Waals surface area contributed by atoms with Gasteiger partial charge < -0.3 is 20.8 Å². The molecule has 0 aliphatic carbocycles. The number of carbonyl (C=O) groups excluding carboxylic acids is 1. The number of pyridine rings is 2. The van der Waals surface area contributed by atoms with Crippen LogP contribution >= 0.6 is 0 Å². The molecule has 2 atom stereocenters. The van der Waals surface area contributed by atoms with Crippen molar-refractivity contribution in [1.29, 1.82) is 0 Å². The Morgan fingerprint density at radius 1 is 1.33 bits per heavy atom. The SMILES string of the molecule is COCc1ccc(-c2ccc3ncc(C(N)=O)c(NC(C)C4NN(C)C=C4F)c3c2)c(F)n1. The maximum absolute atomic E-state index is 14.7. The number of nitrogens with two attached hydrogens (primary N) is 1. The lowest BCUT2D eigenvalue weighted by atomic mass is 10.0. The molecule has 8 nitrogen and oxygen atoms in total. The van der Waals surface area contributed by atoms with Crippen molar-refractivity contribution in [3.05, 3.63) is 65.8 Å². The molecule has 2 aromatic heterocycles. The van der Waals surface area contributed by atoms with Gasteiger partial charge >= 0.3 is 0 Å². The van der Waals surface area contributed by atoms with E-state index in [0.29, 0.717) is 27.8 Å². The number of ether oxygens (including phenoxy) is 1. The molecule has 1 aliphatic rings. The lowest BCUT2D eigenvalue weighted by Gasteiger charge is -2.25. The Bertz CT molecular complexity index is 1250. The molecule has 10 heteroatoms. The average molecular weight is 454 g/mol. The number of hydrogen-bond donors (Lipinski definition) is 3. The van der Waals surface area contributed by atoms with E-state index < -0.39 is 23.9 Å². The van der Waals surface area contributed by atoms with E-state index in [1.165, 1.54) is 24.5 Å². The first-order valence-electron chi connectivity index (χ1n) is 10.3. The van der Waals surface area contributed by atoms with E-state index in [0.717, 1.165) is 0 Å². The van der Waals surface area contributed by atoms with Gasteiger partial charge in [-0.25, -0.2) is 14.8 Å². The van der Waals surface area contributed by atoms with Crippen molar-refractivity contribution in [3.63, 3.8) is 0 Å². The number of hydrazine groups is 1. The van der Waals surface area contributed by atoms with Crippen LogP contribution in [0.4, 0.5) is 14.5 Å². The number of primary amides is 1. The van der Waals surface area contributed by atoms with Gasteiger partial charge in [0.2, 0.25) is 5.95 Å². The lowest BCUT2D eigenvalue weighted by molar-refractivity contribution is 0.100. The fraction of sp³-hybridized carbons (Fsp3) is 0.261. The molecule has 3 aromatic rings. The third-order valence-electron chi connectivity index (χ3n) is 5.47. The molecule has 0 fully saturated rings. The van der Waals surface area contributed by atoms with E-state index in [4.69, 9.17) is 10.5 Å². The molecule has 0 spiro atoms. The standard InChI is InChI=1S/C23H24F2N6O2/c1-12(20-18(24)10-31(2)30-20)28-21-16-8-13(4-7-19(16)27-9-17(21)23(26)32)15-6-5-14(11-33-3)29-22(15)25/h4-10,12,20,30H,11H2,1-3H3,(H2,26,32)(H,27,28). The zero-order valence-corrected chi connectivity index (χ0v) is 18.4. The van der Waals surface area contributed by atoms with Crippen LogP contribution in [-0.4, -0.2) is 47.1 Å². The number of halogens is 2. The van der Waals surface area contributed by atoms with Crippen molar-refractivity contribution >= 4 is 22.5 Å². The first-order chi connectivity index (χ1) is 15.8. The molecule has 3 heterocycles. The summed E-state index contributed by atoms with van der Waals surface area (Å²) >= 11 is 0. The highest BCUT2D eigenvalue weighted by Gasteiger charge is 2.29. The summed E-state index contributed by atoms with van der Waals surface area (Å²) in [6.07, 6.45) is 2.73. The third-order valence-corrected chi connectivity index (χ3v) is 5.47. The number of anilines is 1. The van der Waals surface area contributed by atoms with Crippen LogP contribution in [0.5, 0.6) is 0 Å². The number of rotatable bonds is 7. The Labute approximate surface area is 189 Å². The van der Waals surface area contributed by atoms with Crippen molar-refractivity contribution in [1.82, 2.24) is 20.4 Å². The number of methoxy groups -OCH3 is 1. The molecule has 0 bridgehead atoms. The zero-order chi connectivity index (χ0) is 23.7. The fourth-order valence-electron chi connectivity index (χ4n) is 3.86. The maximum Gasteiger partial charge on any atom is 0.252 e. The van der Waals surface area contributed by atoms with E-state index in [2.05, 4.69) is 20.7 Å². The number of aromatic nitrogens is 2. The van der Waals surface area contributed by atoms with Crippen LogP contribution in [-0.2, 0) is 11.3 Å². The molecular formula is C23H24F2N6O2. The van der Waals surface area contributed by atoms with Gasteiger partial charge in [-0.2, -0.15) is 4.39 Å². The zero-order valence-electron chi connectivity index (χ0n) is 18.4. The Morgan fingerprint density at radius 3 is 2.76 bits per heavy atom. The Hall–Kier alpha value is -3.63. The molecule has 4 N–H and O–H groups in total. The van der Waals surface area contributed by atoms with Crippen LogP contribution < -0.4 is 16.5 Å². The molecule has 1 amide bonds. The van der Waals surface area contributed by atoms with Gasteiger partial charge in [0, 0.05) is 43.5 Å². The number of hydrogen-bond acceptors (Lipinski definition) is 7. The first kappa shape index (κ1) is 22.6. The molecule has 0 radical (unpaired) electrons. The van der Waals surface area contributed by atoms with E-state index >= 15 is 0 Å². The molecule has 2 unspecified atom stereocenters. The summed E-state index contributed by atoms with van der Waals surface area (Å²) < 4.78 is 34.1. The van der Waals surface area contributed by atoms with Gasteiger partial charge in [0.05, 0.1) is 35.1 Å². The van der Waals surface area contributed by atoms with Gasteiger partial charge in [0.15, 0.2) is 0 Å². The molecule has 33 heavy (non-hydrogen) atoms. The molecular weight excluding hydrogens is 430 g/mol. The smallest absolute Gasteiger partial charge is 0.252 e. The van der Waals surface area contributed by atoms with E-state index in [1.54, 1.807) is 44.3 Å². The molecule has 0 saturated heterocycles. The predicted octanol–water partition coefficient (Wildman–Crippen LogP) is 3.11. The second-order valence-electron chi connectivity index (χ2n) is 7.88. The normalized spacial score (nSPS) is 16.7. The Kier molecular flexibility index (Phi) is 6.21. The van der Waals surface area contributed by atoms with E-state index in [1.807, 2.05) is 0 Å². The minimum Gasteiger partial charge on any atom is -0.379 e. The fourth-order valence-corrected chi connectivity index (χ4v) is 3.86. The number of nitrogens with one attached hydrogen (secondary N) is 2. The maximum atomic E-state index is 14.7. The van der Waals surface area contributed by atoms with Gasteiger partial charge in [-0.3, -0.25) is 9.78 Å². The van der Waals surface area contributed by atoms with E-state index in [9.17, 15) is 13.6 Å². The van der Waals surface area contributed by atoms with Crippen molar-refractivity contribution in [2.24, 2.45) is 5.73 Å². The van der Waals surface area contributed by atoms with Crippen molar-refractivity contribution in [2.45, 2.75) is 25.6 Å². The van der Waals surface area contributed by atoms with Crippen LogP contribution in [0.2, 0.25) is 0 Å². The molecule has 0 saturated carbocycles. The van der Waals surface area contributed by atoms with Crippen LogP contribution in [0.1, 0.15) is 23.0 Å². The minimum atomic E-state index is -0.686. The highest BCUT2D eigenvalue weighted by atomic mass is 19.1. The molecule has 172 valence electrons. The summed E-state index contributed by atoms with van der Waals surface area (Å²) in [5.74, 6) is -1.67. The second kappa shape index (κ2) is 9.08. The average Bonchev–Trinajstić information content (AvgIpc) is 3.12. The van der Waals surface area contributed by atoms with Crippen molar-refractivity contribution in [2.75, 3.05) is 19.5 Å². The topological polar surface area (TPSA) is 105 Å². The summed E-state index contributed by atoms with van der Waals surface area (Å²) in [5.41, 5.74) is 11.0. The van der Waals surface area contributed by atoms with Crippen LogP contribution in [0.25, 0.3) is 22.0 Å². The summed E-state index contributed by atoms with van der Waals surface area (Å²) in [4.78, 5) is 20.4. The minimum absolute atomic E-state index is 0.149. The van der Waals surface area contributed by atoms with Gasteiger partial charge in [-0.1, -0.05) is 6.07 Å². The second-order valence-corrected chi connectivity index (χ2v) is 7.88. The number of carbonyl (C=O) groups is 1. The summed E-state index contributed by atoms with van der Waals surface area (Å²) in [6, 6.07) is 7.36. The quantitative estimate of drug-likeness (QED) is 0.471. The molecule has 1 aromatic carbocycles. The monoisotopic (exact) mass is 454 g/mol. The van der Waals surface area contributed by atoms with Crippen LogP contribution in [0, 0.1) is 5.95 Å². The Balaban J connectivity index is 1.79. The highest BCUT2D eigenvalue weighted by Crippen LogP contribution is 2.32. The number of amides is 1. The summed E-state index contributed by atoms with van der Waals surface area (Å²) in [5, 5.41) is 5.28.